The summed E-state index contributed by atoms with van der Waals surface area (Å²) in [6, 6.07) is 9.22. The van der Waals surface area contributed by atoms with Crippen LogP contribution in [0.4, 0.5) is 0 Å². The summed E-state index contributed by atoms with van der Waals surface area (Å²) >= 11 is 1.39. The molecule has 6 heteroatoms. The number of thioether (sulfide) groups is 1. The lowest BCUT2D eigenvalue weighted by molar-refractivity contribution is -0.138. The number of carbonyl (C=O) groups is 1. The molecule has 18 heavy (non-hydrogen) atoms. The third-order valence-electron chi connectivity index (χ3n) is 2.55. The van der Waals surface area contributed by atoms with Gasteiger partial charge in [-0.1, -0.05) is 42.1 Å². The van der Waals surface area contributed by atoms with Crippen molar-refractivity contribution in [3.05, 3.63) is 42.2 Å². The van der Waals surface area contributed by atoms with Gasteiger partial charge in [-0.2, -0.15) is 0 Å². The van der Waals surface area contributed by atoms with Crippen molar-refractivity contribution in [3.63, 3.8) is 0 Å². The van der Waals surface area contributed by atoms with Crippen LogP contribution in [0.5, 0.6) is 0 Å². The second-order valence-electron chi connectivity index (χ2n) is 3.84. The van der Waals surface area contributed by atoms with Gasteiger partial charge in [-0.15, -0.1) is 10.2 Å². The molecule has 1 unspecified atom stereocenters. The Hall–Kier alpha value is -1.82. The maximum Gasteiger partial charge on any atom is 0.311 e. The monoisotopic (exact) mass is 263 g/mol. The van der Waals surface area contributed by atoms with Crippen LogP contribution in [0.1, 0.15) is 11.5 Å². The van der Waals surface area contributed by atoms with Gasteiger partial charge in [0.1, 0.15) is 6.33 Å². The number of rotatable bonds is 5. The van der Waals surface area contributed by atoms with Crippen molar-refractivity contribution in [2.24, 2.45) is 7.05 Å². The van der Waals surface area contributed by atoms with Gasteiger partial charge in [0.25, 0.3) is 0 Å². The minimum Gasteiger partial charge on any atom is -0.481 e. The summed E-state index contributed by atoms with van der Waals surface area (Å²) in [4.78, 5) is 11.3. The third-order valence-corrected chi connectivity index (χ3v) is 3.68. The molecule has 2 rings (SSSR count). The normalized spacial score (nSPS) is 12.3. The van der Waals surface area contributed by atoms with E-state index in [2.05, 4.69) is 10.2 Å². The smallest absolute Gasteiger partial charge is 0.311 e. The van der Waals surface area contributed by atoms with Crippen LogP contribution >= 0.6 is 11.8 Å². The van der Waals surface area contributed by atoms with Gasteiger partial charge in [0.15, 0.2) is 5.16 Å². The quantitative estimate of drug-likeness (QED) is 0.833. The summed E-state index contributed by atoms with van der Waals surface area (Å²) in [6.45, 7) is 0. The molecule has 0 fully saturated rings. The largest absolute Gasteiger partial charge is 0.481 e. The molecule has 1 heterocycles. The number of nitrogens with zero attached hydrogens (tertiary/aromatic N) is 3. The lowest BCUT2D eigenvalue weighted by Crippen LogP contribution is -2.14. The van der Waals surface area contributed by atoms with E-state index >= 15 is 0 Å². The average Bonchev–Trinajstić information content (AvgIpc) is 2.76. The van der Waals surface area contributed by atoms with Crippen LogP contribution in [0.3, 0.4) is 0 Å². The Morgan fingerprint density at radius 3 is 2.72 bits per heavy atom. The first-order chi connectivity index (χ1) is 8.68. The summed E-state index contributed by atoms with van der Waals surface area (Å²) in [5.74, 6) is -0.921. The predicted molar refractivity (Wildman–Crippen MR) is 68.5 cm³/mol. The van der Waals surface area contributed by atoms with Gasteiger partial charge in [0.05, 0.1) is 5.92 Å². The van der Waals surface area contributed by atoms with Gasteiger partial charge in [0, 0.05) is 12.8 Å². The topological polar surface area (TPSA) is 68.0 Å². The second kappa shape index (κ2) is 5.68. The van der Waals surface area contributed by atoms with Gasteiger partial charge < -0.3 is 9.67 Å². The van der Waals surface area contributed by atoms with Crippen molar-refractivity contribution < 1.29 is 9.90 Å². The standard InChI is InChI=1S/C12H13N3O2S/c1-15-8-13-14-12(15)18-7-10(11(16)17)9-5-3-2-4-6-9/h2-6,8,10H,7H2,1H3,(H,16,17). The van der Waals surface area contributed by atoms with Crippen molar-refractivity contribution in [3.8, 4) is 0 Å². The molecule has 1 N–H and O–H groups in total. The van der Waals surface area contributed by atoms with Crippen LogP contribution < -0.4 is 0 Å². The fourth-order valence-corrected chi connectivity index (χ4v) is 2.56. The maximum absolute atomic E-state index is 11.3. The molecule has 1 atom stereocenters. The number of carboxylic acids is 1. The van der Waals surface area contributed by atoms with Gasteiger partial charge in [0.2, 0.25) is 0 Å². The SMILES string of the molecule is Cn1cnnc1SCC(C(=O)O)c1ccccc1. The van der Waals surface area contributed by atoms with Gasteiger partial charge in [-0.05, 0) is 5.56 Å². The highest BCUT2D eigenvalue weighted by Gasteiger charge is 2.20. The van der Waals surface area contributed by atoms with E-state index in [-0.39, 0.29) is 0 Å². The molecule has 0 bridgehead atoms. The highest BCUT2D eigenvalue weighted by atomic mass is 32.2. The lowest BCUT2D eigenvalue weighted by Gasteiger charge is -2.11. The van der Waals surface area contributed by atoms with E-state index in [4.69, 9.17) is 0 Å². The van der Waals surface area contributed by atoms with E-state index in [1.54, 1.807) is 10.9 Å². The molecule has 1 aromatic carbocycles. The first-order valence-electron chi connectivity index (χ1n) is 5.43. The van der Waals surface area contributed by atoms with Crippen molar-refractivity contribution in [2.45, 2.75) is 11.1 Å². The van der Waals surface area contributed by atoms with Crippen LogP contribution in [-0.4, -0.2) is 31.6 Å². The van der Waals surface area contributed by atoms with Crippen molar-refractivity contribution in [1.29, 1.82) is 0 Å². The lowest BCUT2D eigenvalue weighted by atomic mass is 10.0. The van der Waals surface area contributed by atoms with E-state index < -0.39 is 11.9 Å². The van der Waals surface area contributed by atoms with Crippen LogP contribution in [0.15, 0.2) is 41.8 Å². The fraction of sp³-hybridized carbons (Fsp3) is 0.250. The molecule has 0 saturated heterocycles. The Balaban J connectivity index is 2.09. The molecule has 0 amide bonds. The number of carboxylic acid groups (broad SMARTS) is 1. The van der Waals surface area contributed by atoms with E-state index in [0.717, 1.165) is 10.7 Å². The average molecular weight is 263 g/mol. The summed E-state index contributed by atoms with van der Waals surface area (Å²) in [5.41, 5.74) is 0.805. The van der Waals surface area contributed by atoms with Gasteiger partial charge >= 0.3 is 5.97 Å². The number of aromatic nitrogens is 3. The highest BCUT2D eigenvalue weighted by Crippen LogP contribution is 2.24. The van der Waals surface area contributed by atoms with Crippen LogP contribution in [0.25, 0.3) is 0 Å². The number of hydrogen-bond acceptors (Lipinski definition) is 4. The molecule has 0 aliphatic rings. The number of hydrogen-bond donors (Lipinski definition) is 1. The van der Waals surface area contributed by atoms with Gasteiger partial charge in [-0.3, -0.25) is 4.79 Å². The maximum atomic E-state index is 11.3. The molecule has 2 aromatic rings. The summed E-state index contributed by atoms with van der Waals surface area (Å²) in [6.07, 6.45) is 1.60. The Labute approximate surface area is 109 Å². The zero-order valence-electron chi connectivity index (χ0n) is 9.85. The second-order valence-corrected chi connectivity index (χ2v) is 4.82. The van der Waals surface area contributed by atoms with E-state index in [1.807, 2.05) is 37.4 Å². The summed E-state index contributed by atoms with van der Waals surface area (Å²) < 4.78 is 1.77. The first-order valence-corrected chi connectivity index (χ1v) is 6.41. The molecule has 0 aliphatic heterocycles. The first kappa shape index (κ1) is 12.6. The number of aliphatic carboxylic acids is 1. The zero-order chi connectivity index (χ0) is 13.0. The highest BCUT2D eigenvalue weighted by molar-refractivity contribution is 7.99. The molecular formula is C12H13N3O2S. The summed E-state index contributed by atoms with van der Waals surface area (Å²) in [5, 5.41) is 17.7. The third kappa shape index (κ3) is 2.89. The molecule has 94 valence electrons. The molecule has 1 aromatic heterocycles. The molecule has 0 saturated carbocycles. The molecule has 0 aliphatic carbocycles. The van der Waals surface area contributed by atoms with E-state index in [0.29, 0.717) is 5.75 Å². The van der Waals surface area contributed by atoms with Crippen LogP contribution in [-0.2, 0) is 11.8 Å². The van der Waals surface area contributed by atoms with Gasteiger partial charge in [-0.25, -0.2) is 0 Å². The molecule has 0 radical (unpaired) electrons. The number of aryl methyl sites for hydroxylation is 1. The molecule has 5 nitrogen and oxygen atoms in total. The molecular weight excluding hydrogens is 250 g/mol. The van der Waals surface area contributed by atoms with Crippen LogP contribution in [0, 0.1) is 0 Å². The zero-order valence-corrected chi connectivity index (χ0v) is 10.7. The fourth-order valence-electron chi connectivity index (χ4n) is 1.56. The Kier molecular flexibility index (Phi) is 3.99. The Morgan fingerprint density at radius 1 is 1.44 bits per heavy atom. The van der Waals surface area contributed by atoms with Crippen molar-refractivity contribution >= 4 is 17.7 Å². The molecule has 0 spiro atoms. The van der Waals surface area contributed by atoms with Crippen LogP contribution in [0.2, 0.25) is 0 Å². The Morgan fingerprint density at radius 2 is 2.17 bits per heavy atom. The minimum absolute atomic E-state index is 0.436. The number of benzene rings is 1. The Bertz CT molecular complexity index is 527. The van der Waals surface area contributed by atoms with Crippen molar-refractivity contribution in [2.75, 3.05) is 5.75 Å². The van der Waals surface area contributed by atoms with Crippen molar-refractivity contribution in [1.82, 2.24) is 14.8 Å². The predicted octanol–water partition coefficient (Wildman–Crippen LogP) is 1.78. The van der Waals surface area contributed by atoms with E-state index in [9.17, 15) is 9.90 Å². The minimum atomic E-state index is -0.823. The van der Waals surface area contributed by atoms with E-state index in [1.165, 1.54) is 11.8 Å². The summed E-state index contributed by atoms with van der Waals surface area (Å²) in [7, 11) is 1.83.